The summed E-state index contributed by atoms with van der Waals surface area (Å²) in [6, 6.07) is 13.3. The summed E-state index contributed by atoms with van der Waals surface area (Å²) in [5, 5.41) is 7.78. The Balaban J connectivity index is 1.59. The van der Waals surface area contributed by atoms with Crippen molar-refractivity contribution < 1.29 is 0 Å². The van der Waals surface area contributed by atoms with Crippen LogP contribution in [0.4, 0.5) is 0 Å². The second-order valence-corrected chi connectivity index (χ2v) is 7.99. The molecule has 124 valence electrons. The van der Waals surface area contributed by atoms with E-state index in [-0.39, 0.29) is 0 Å². The standard InChI is InChI=1S/C18H26N4S/c1-21(2)23-22(3)16-11-9-15(10-12-16)18-13-17(19-20-18)14-7-5-4-6-8-14/h4-8,13,15-16H,9-12H2,1-3H3,(H,19,20). The van der Waals surface area contributed by atoms with Crippen molar-refractivity contribution in [2.24, 2.45) is 0 Å². The van der Waals surface area contributed by atoms with E-state index in [2.05, 4.69) is 70.3 Å². The highest BCUT2D eigenvalue weighted by molar-refractivity contribution is 7.94. The molecule has 0 aliphatic heterocycles. The summed E-state index contributed by atoms with van der Waals surface area (Å²) in [7, 11) is 6.41. The van der Waals surface area contributed by atoms with Gasteiger partial charge >= 0.3 is 0 Å². The molecule has 5 heteroatoms. The zero-order valence-corrected chi connectivity index (χ0v) is 15.0. The number of hydrogen-bond donors (Lipinski definition) is 1. The molecule has 1 aromatic carbocycles. The summed E-state index contributed by atoms with van der Waals surface area (Å²) in [6.07, 6.45) is 4.97. The monoisotopic (exact) mass is 330 g/mol. The van der Waals surface area contributed by atoms with Gasteiger partial charge in [0.05, 0.1) is 5.69 Å². The first-order valence-corrected chi connectivity index (χ1v) is 9.05. The summed E-state index contributed by atoms with van der Waals surface area (Å²) in [6.45, 7) is 0. The maximum absolute atomic E-state index is 4.51. The lowest BCUT2D eigenvalue weighted by molar-refractivity contribution is 0.278. The predicted molar refractivity (Wildman–Crippen MR) is 98.1 cm³/mol. The molecule has 0 atom stereocenters. The van der Waals surface area contributed by atoms with Crippen LogP contribution >= 0.6 is 12.1 Å². The molecular formula is C18H26N4S. The normalized spacial score (nSPS) is 22.0. The highest BCUT2D eigenvalue weighted by Gasteiger charge is 2.26. The maximum Gasteiger partial charge on any atom is 0.0923 e. The summed E-state index contributed by atoms with van der Waals surface area (Å²) in [5.41, 5.74) is 3.54. The fraction of sp³-hybridized carbons (Fsp3) is 0.500. The molecule has 0 saturated heterocycles. The lowest BCUT2D eigenvalue weighted by atomic mass is 9.84. The number of nitrogens with zero attached hydrogens (tertiary/aromatic N) is 3. The fourth-order valence-electron chi connectivity index (χ4n) is 3.38. The van der Waals surface area contributed by atoms with Gasteiger partial charge in [-0.05, 0) is 52.9 Å². The van der Waals surface area contributed by atoms with Gasteiger partial charge in [0, 0.05) is 35.4 Å². The quantitative estimate of drug-likeness (QED) is 0.835. The molecule has 0 spiro atoms. The minimum atomic E-state index is 0.619. The summed E-state index contributed by atoms with van der Waals surface area (Å²) in [4.78, 5) is 0. The van der Waals surface area contributed by atoms with Gasteiger partial charge in [0.25, 0.3) is 0 Å². The Morgan fingerprint density at radius 2 is 1.74 bits per heavy atom. The highest BCUT2D eigenvalue weighted by atomic mass is 32.2. The minimum Gasteiger partial charge on any atom is -0.282 e. The van der Waals surface area contributed by atoms with Gasteiger partial charge in [0.1, 0.15) is 0 Å². The van der Waals surface area contributed by atoms with E-state index >= 15 is 0 Å². The largest absolute Gasteiger partial charge is 0.282 e. The van der Waals surface area contributed by atoms with Gasteiger partial charge in [0.15, 0.2) is 0 Å². The van der Waals surface area contributed by atoms with Gasteiger partial charge in [-0.3, -0.25) is 5.10 Å². The maximum atomic E-state index is 4.51. The van der Waals surface area contributed by atoms with Gasteiger partial charge in [-0.15, -0.1) is 0 Å². The molecule has 1 fully saturated rings. The van der Waals surface area contributed by atoms with Crippen LogP contribution in [0, 0.1) is 0 Å². The van der Waals surface area contributed by atoms with Crippen molar-refractivity contribution in [3.8, 4) is 11.3 Å². The van der Waals surface area contributed by atoms with Gasteiger partial charge in [-0.25, -0.2) is 8.61 Å². The Bertz CT molecular complexity index is 602. The van der Waals surface area contributed by atoms with Crippen LogP contribution in [0.15, 0.2) is 36.4 Å². The van der Waals surface area contributed by atoms with Crippen molar-refractivity contribution >= 4 is 12.1 Å². The first-order chi connectivity index (χ1) is 11.1. The smallest absolute Gasteiger partial charge is 0.0923 e. The van der Waals surface area contributed by atoms with E-state index in [0.29, 0.717) is 12.0 Å². The van der Waals surface area contributed by atoms with Crippen LogP contribution in [0.1, 0.15) is 37.3 Å². The number of rotatable bonds is 5. The van der Waals surface area contributed by atoms with Crippen molar-refractivity contribution in [3.05, 3.63) is 42.1 Å². The molecule has 3 rings (SSSR count). The van der Waals surface area contributed by atoms with E-state index in [0.717, 1.165) is 5.69 Å². The van der Waals surface area contributed by atoms with Crippen molar-refractivity contribution in [2.75, 3.05) is 21.1 Å². The Hall–Kier alpha value is -1.30. The molecule has 1 saturated carbocycles. The average Bonchev–Trinajstić information content (AvgIpc) is 3.05. The van der Waals surface area contributed by atoms with Crippen molar-refractivity contribution in [2.45, 2.75) is 37.6 Å². The number of nitrogens with one attached hydrogen (secondary N) is 1. The Kier molecular flexibility index (Phi) is 5.41. The molecule has 23 heavy (non-hydrogen) atoms. The molecule has 1 aliphatic rings. The third kappa shape index (κ3) is 4.16. The van der Waals surface area contributed by atoms with Gasteiger partial charge < -0.3 is 0 Å². The van der Waals surface area contributed by atoms with E-state index in [1.807, 2.05) is 6.07 Å². The minimum absolute atomic E-state index is 0.619. The van der Waals surface area contributed by atoms with Crippen molar-refractivity contribution in [1.29, 1.82) is 0 Å². The second-order valence-electron chi connectivity index (χ2n) is 6.52. The molecule has 1 heterocycles. The summed E-state index contributed by atoms with van der Waals surface area (Å²) < 4.78 is 4.56. The lowest BCUT2D eigenvalue weighted by Gasteiger charge is -2.34. The zero-order chi connectivity index (χ0) is 16.2. The molecule has 0 amide bonds. The zero-order valence-electron chi connectivity index (χ0n) is 14.2. The van der Waals surface area contributed by atoms with E-state index < -0.39 is 0 Å². The van der Waals surface area contributed by atoms with Crippen LogP contribution in [0.3, 0.4) is 0 Å². The van der Waals surface area contributed by atoms with Gasteiger partial charge in [0.2, 0.25) is 0 Å². The van der Waals surface area contributed by atoms with Crippen LogP contribution in [-0.2, 0) is 0 Å². The first kappa shape index (κ1) is 16.6. The van der Waals surface area contributed by atoms with Gasteiger partial charge in [-0.1, -0.05) is 30.3 Å². The highest BCUT2D eigenvalue weighted by Crippen LogP contribution is 2.36. The molecule has 2 aromatic rings. The van der Waals surface area contributed by atoms with Crippen molar-refractivity contribution in [1.82, 2.24) is 18.8 Å². The molecule has 1 aromatic heterocycles. The molecule has 4 nitrogen and oxygen atoms in total. The number of aromatic amines is 1. The Morgan fingerprint density at radius 3 is 2.39 bits per heavy atom. The average molecular weight is 331 g/mol. The molecule has 1 N–H and O–H groups in total. The second kappa shape index (κ2) is 7.51. The Labute approximate surface area is 143 Å². The third-order valence-corrected chi connectivity index (χ3v) is 5.49. The predicted octanol–water partition coefficient (Wildman–Crippen LogP) is 4.16. The lowest BCUT2D eigenvalue weighted by Crippen LogP contribution is -2.32. The third-order valence-electron chi connectivity index (χ3n) is 4.61. The summed E-state index contributed by atoms with van der Waals surface area (Å²) in [5.74, 6) is 0.619. The van der Waals surface area contributed by atoms with E-state index in [1.54, 1.807) is 12.1 Å². The van der Waals surface area contributed by atoms with Gasteiger partial charge in [-0.2, -0.15) is 5.10 Å². The fourth-order valence-corrected chi connectivity index (χ4v) is 4.24. The van der Waals surface area contributed by atoms with Crippen LogP contribution in [0.25, 0.3) is 11.3 Å². The molecule has 0 radical (unpaired) electrons. The summed E-state index contributed by atoms with van der Waals surface area (Å²) >= 11 is 1.81. The number of hydrogen-bond acceptors (Lipinski definition) is 4. The van der Waals surface area contributed by atoms with Crippen LogP contribution in [-0.4, -0.2) is 46.0 Å². The number of benzene rings is 1. The van der Waals surface area contributed by atoms with E-state index in [1.165, 1.54) is 36.9 Å². The first-order valence-electron chi connectivity index (χ1n) is 8.32. The molecule has 0 bridgehead atoms. The van der Waals surface area contributed by atoms with Crippen LogP contribution in [0.2, 0.25) is 0 Å². The van der Waals surface area contributed by atoms with Crippen LogP contribution in [0.5, 0.6) is 0 Å². The topological polar surface area (TPSA) is 35.2 Å². The van der Waals surface area contributed by atoms with Crippen LogP contribution < -0.4 is 0 Å². The van der Waals surface area contributed by atoms with E-state index in [9.17, 15) is 0 Å². The molecule has 1 aliphatic carbocycles. The molecular weight excluding hydrogens is 304 g/mol. The number of H-pyrrole nitrogens is 1. The van der Waals surface area contributed by atoms with Crippen molar-refractivity contribution in [3.63, 3.8) is 0 Å². The number of aromatic nitrogens is 2. The molecule has 0 unspecified atom stereocenters. The SMILES string of the molecule is CN(C)SN(C)C1CCC(c2cc(-c3ccccc3)n[nH]2)CC1. The van der Waals surface area contributed by atoms with E-state index in [4.69, 9.17) is 0 Å². The Morgan fingerprint density at radius 1 is 1.04 bits per heavy atom.